The second kappa shape index (κ2) is 8.93. The summed E-state index contributed by atoms with van der Waals surface area (Å²) in [6.45, 7) is 3.18. The third-order valence-electron chi connectivity index (χ3n) is 5.00. The zero-order chi connectivity index (χ0) is 22.8. The molecule has 0 bridgehead atoms. The number of ether oxygens (including phenoxy) is 2. The quantitative estimate of drug-likeness (QED) is 0.497. The van der Waals surface area contributed by atoms with Gasteiger partial charge in [0.1, 0.15) is 23.1 Å². The Balaban J connectivity index is 2.24. The van der Waals surface area contributed by atoms with Gasteiger partial charge in [-0.25, -0.2) is 17.2 Å². The number of hydrogen-bond acceptors (Lipinski definition) is 4. The highest BCUT2D eigenvalue weighted by Crippen LogP contribution is 2.38. The lowest BCUT2D eigenvalue weighted by molar-refractivity contribution is 0.396. The zero-order valence-corrected chi connectivity index (χ0v) is 18.4. The Labute approximate surface area is 180 Å². The van der Waals surface area contributed by atoms with E-state index < -0.39 is 27.7 Å². The van der Waals surface area contributed by atoms with Crippen LogP contribution in [0.25, 0.3) is 0 Å². The minimum absolute atomic E-state index is 0.0957. The minimum Gasteiger partial charge on any atom is -0.497 e. The van der Waals surface area contributed by atoms with Crippen molar-refractivity contribution in [1.29, 1.82) is 0 Å². The van der Waals surface area contributed by atoms with Gasteiger partial charge in [-0.3, -0.25) is 4.31 Å². The molecule has 8 heteroatoms. The van der Waals surface area contributed by atoms with Crippen molar-refractivity contribution in [3.05, 3.63) is 83.4 Å². The largest absolute Gasteiger partial charge is 0.497 e. The van der Waals surface area contributed by atoms with Crippen LogP contribution in [0.5, 0.6) is 11.5 Å². The molecule has 1 atom stereocenters. The average molecular weight is 448 g/mol. The summed E-state index contributed by atoms with van der Waals surface area (Å²) in [6, 6.07) is 13.1. The van der Waals surface area contributed by atoms with Crippen LogP contribution in [0.1, 0.15) is 24.1 Å². The van der Waals surface area contributed by atoms with Gasteiger partial charge in [-0.1, -0.05) is 12.1 Å². The fourth-order valence-electron chi connectivity index (χ4n) is 3.32. The number of hydrogen-bond donors (Lipinski definition) is 0. The van der Waals surface area contributed by atoms with Gasteiger partial charge in [0.05, 0.1) is 30.8 Å². The van der Waals surface area contributed by atoms with Gasteiger partial charge in [-0.05, 0) is 67.9 Å². The molecule has 0 radical (unpaired) electrons. The maximum atomic E-state index is 14.2. The van der Waals surface area contributed by atoms with Gasteiger partial charge >= 0.3 is 0 Å². The summed E-state index contributed by atoms with van der Waals surface area (Å²) in [6.07, 6.45) is 0. The Morgan fingerprint density at radius 1 is 0.935 bits per heavy atom. The predicted octanol–water partition coefficient (Wildman–Crippen LogP) is 5.25. The number of halogens is 2. The number of anilines is 1. The molecule has 164 valence electrons. The zero-order valence-electron chi connectivity index (χ0n) is 17.6. The molecule has 0 saturated heterocycles. The van der Waals surface area contributed by atoms with E-state index in [1.807, 2.05) is 0 Å². The van der Waals surface area contributed by atoms with Crippen molar-refractivity contribution < 1.29 is 26.7 Å². The normalized spacial score (nSPS) is 12.3. The van der Waals surface area contributed by atoms with Crippen molar-refractivity contribution in [2.45, 2.75) is 24.8 Å². The van der Waals surface area contributed by atoms with E-state index in [2.05, 4.69) is 0 Å². The molecule has 3 aromatic carbocycles. The minimum atomic E-state index is -4.27. The van der Waals surface area contributed by atoms with Crippen molar-refractivity contribution in [2.24, 2.45) is 0 Å². The monoisotopic (exact) mass is 447 g/mol. The van der Waals surface area contributed by atoms with E-state index in [0.717, 1.165) is 16.4 Å². The molecule has 0 aliphatic heterocycles. The molecule has 31 heavy (non-hydrogen) atoms. The SMILES string of the molecule is COc1ccc(OC)c([C@@H](C)N(c2cccc(F)c2)S(=O)(=O)c2ccc(C)c(F)c2)c1. The smallest absolute Gasteiger partial charge is 0.264 e. The second-order valence-corrected chi connectivity index (χ2v) is 8.79. The third kappa shape index (κ3) is 4.49. The number of methoxy groups -OCH3 is 2. The summed E-state index contributed by atoms with van der Waals surface area (Å²) in [5.74, 6) is -0.315. The van der Waals surface area contributed by atoms with Crippen LogP contribution < -0.4 is 13.8 Å². The van der Waals surface area contributed by atoms with Crippen LogP contribution in [0.15, 0.2) is 65.6 Å². The molecule has 3 rings (SSSR count). The molecular weight excluding hydrogens is 424 g/mol. The molecule has 0 aliphatic carbocycles. The van der Waals surface area contributed by atoms with Crippen LogP contribution in [-0.2, 0) is 10.0 Å². The Morgan fingerprint density at radius 3 is 2.29 bits per heavy atom. The van der Waals surface area contributed by atoms with Gasteiger partial charge in [-0.2, -0.15) is 0 Å². The van der Waals surface area contributed by atoms with Crippen LogP contribution >= 0.6 is 0 Å². The van der Waals surface area contributed by atoms with Crippen LogP contribution in [0.2, 0.25) is 0 Å². The summed E-state index contributed by atoms with van der Waals surface area (Å²) in [4.78, 5) is -0.242. The molecule has 0 aliphatic rings. The molecule has 0 spiro atoms. The Bertz CT molecular complexity index is 1200. The van der Waals surface area contributed by atoms with E-state index in [4.69, 9.17) is 9.47 Å². The fourth-order valence-corrected chi connectivity index (χ4v) is 4.96. The van der Waals surface area contributed by atoms with Gasteiger partial charge in [0.2, 0.25) is 0 Å². The first-order valence-corrected chi connectivity index (χ1v) is 10.9. The fraction of sp³-hybridized carbons (Fsp3) is 0.217. The molecule has 0 saturated carbocycles. The maximum Gasteiger partial charge on any atom is 0.264 e. The van der Waals surface area contributed by atoms with Crippen LogP contribution in [-0.4, -0.2) is 22.6 Å². The Hall–Kier alpha value is -3.13. The summed E-state index contributed by atoms with van der Waals surface area (Å²) in [5, 5.41) is 0. The molecule has 0 amide bonds. The first kappa shape index (κ1) is 22.6. The van der Waals surface area contributed by atoms with Crippen LogP contribution in [0.3, 0.4) is 0 Å². The van der Waals surface area contributed by atoms with Crippen molar-refractivity contribution >= 4 is 15.7 Å². The number of aryl methyl sites for hydroxylation is 1. The van der Waals surface area contributed by atoms with Gasteiger partial charge in [0.15, 0.2) is 0 Å². The first-order valence-electron chi connectivity index (χ1n) is 9.47. The van der Waals surface area contributed by atoms with Crippen molar-refractivity contribution in [3.63, 3.8) is 0 Å². The van der Waals surface area contributed by atoms with Crippen molar-refractivity contribution in [2.75, 3.05) is 18.5 Å². The number of benzene rings is 3. The van der Waals surface area contributed by atoms with Crippen molar-refractivity contribution in [3.8, 4) is 11.5 Å². The lowest BCUT2D eigenvalue weighted by Crippen LogP contribution is -2.34. The number of rotatable bonds is 7. The lowest BCUT2D eigenvalue weighted by atomic mass is 10.1. The molecule has 0 aromatic heterocycles. The van der Waals surface area contributed by atoms with Gasteiger partial charge < -0.3 is 9.47 Å². The molecule has 0 N–H and O–H groups in total. The van der Waals surface area contributed by atoms with Gasteiger partial charge in [0, 0.05) is 5.56 Å². The maximum absolute atomic E-state index is 14.2. The summed E-state index contributed by atoms with van der Waals surface area (Å²) in [7, 11) is -1.31. The molecule has 0 unspecified atom stereocenters. The molecular formula is C23H23F2NO4S. The van der Waals surface area contributed by atoms with Gasteiger partial charge in [0.25, 0.3) is 10.0 Å². The van der Waals surface area contributed by atoms with Gasteiger partial charge in [-0.15, -0.1) is 0 Å². The average Bonchev–Trinajstić information content (AvgIpc) is 2.75. The molecule has 0 fully saturated rings. The summed E-state index contributed by atoms with van der Waals surface area (Å²) >= 11 is 0. The Morgan fingerprint density at radius 2 is 1.68 bits per heavy atom. The molecule has 3 aromatic rings. The highest BCUT2D eigenvalue weighted by Gasteiger charge is 2.33. The number of sulfonamides is 1. The topological polar surface area (TPSA) is 55.8 Å². The lowest BCUT2D eigenvalue weighted by Gasteiger charge is -2.32. The first-order chi connectivity index (χ1) is 14.7. The second-order valence-electron chi connectivity index (χ2n) is 6.98. The van der Waals surface area contributed by atoms with E-state index in [9.17, 15) is 17.2 Å². The van der Waals surface area contributed by atoms with E-state index in [1.54, 1.807) is 32.0 Å². The van der Waals surface area contributed by atoms with E-state index in [1.165, 1.54) is 44.6 Å². The highest BCUT2D eigenvalue weighted by atomic mass is 32.2. The number of nitrogens with zero attached hydrogens (tertiary/aromatic N) is 1. The van der Waals surface area contributed by atoms with Crippen molar-refractivity contribution in [1.82, 2.24) is 0 Å². The third-order valence-corrected chi connectivity index (χ3v) is 6.90. The highest BCUT2D eigenvalue weighted by molar-refractivity contribution is 7.92. The molecule has 5 nitrogen and oxygen atoms in total. The van der Waals surface area contributed by atoms with E-state index >= 15 is 0 Å². The predicted molar refractivity (Wildman–Crippen MR) is 115 cm³/mol. The molecule has 0 heterocycles. The Kier molecular flexibility index (Phi) is 6.50. The standard InChI is InChI=1S/C23H23F2NO4S/c1-15-8-10-20(14-22(15)25)31(27,28)26(18-7-5-6-17(24)12-18)16(2)21-13-19(29-3)9-11-23(21)30-4/h5-14,16H,1-4H3/t16-/m1/s1. The van der Waals surface area contributed by atoms with E-state index in [-0.39, 0.29) is 10.6 Å². The van der Waals surface area contributed by atoms with Crippen LogP contribution in [0.4, 0.5) is 14.5 Å². The summed E-state index contributed by atoms with van der Waals surface area (Å²) in [5.41, 5.74) is 0.916. The van der Waals surface area contributed by atoms with E-state index in [0.29, 0.717) is 22.6 Å². The summed E-state index contributed by atoms with van der Waals surface area (Å²) < 4.78 is 67.3. The van der Waals surface area contributed by atoms with Crippen LogP contribution in [0, 0.1) is 18.6 Å².